The number of nitrogens with two attached hydrogens (primary N) is 1. The fraction of sp³-hybridized carbons (Fsp3) is 0.500. The van der Waals surface area contributed by atoms with E-state index in [1.807, 2.05) is 0 Å². The minimum atomic E-state index is -1.16. The van der Waals surface area contributed by atoms with Crippen molar-refractivity contribution < 1.29 is 15.3 Å². The third-order valence-electron chi connectivity index (χ3n) is 2.67. The van der Waals surface area contributed by atoms with Gasteiger partial charge >= 0.3 is 0 Å². The standard InChI is InChI=1S/C10H16N6O3/c11-10-13-2-6-9(14-10)5(15-16-6)1-12-3-7(18)8(19)4-17/h2,7-8,12,17-19H,1,3-4H2,(H,15,16)(H2,11,13,14)/t7-,8+/m0/s1. The van der Waals surface area contributed by atoms with E-state index in [0.29, 0.717) is 23.3 Å². The average molecular weight is 268 g/mol. The molecule has 2 aromatic heterocycles. The SMILES string of the molecule is Nc1ncc2n[nH]c(CNC[C@H](O)[C@H](O)CO)c2n1. The Morgan fingerprint density at radius 2 is 2.16 bits per heavy atom. The van der Waals surface area contributed by atoms with Crippen LogP contribution in [-0.4, -0.2) is 60.8 Å². The molecule has 2 atom stereocenters. The molecule has 0 aliphatic carbocycles. The first-order valence-corrected chi connectivity index (χ1v) is 5.75. The molecule has 0 bridgehead atoms. The average Bonchev–Trinajstić information content (AvgIpc) is 2.80. The zero-order valence-electron chi connectivity index (χ0n) is 10.1. The van der Waals surface area contributed by atoms with Gasteiger partial charge in [0.1, 0.15) is 17.1 Å². The summed E-state index contributed by atoms with van der Waals surface area (Å²) in [7, 11) is 0. The summed E-state index contributed by atoms with van der Waals surface area (Å²) < 4.78 is 0. The van der Waals surface area contributed by atoms with E-state index >= 15 is 0 Å². The van der Waals surface area contributed by atoms with Crippen LogP contribution in [0.15, 0.2) is 6.20 Å². The van der Waals surface area contributed by atoms with Gasteiger partial charge in [-0.3, -0.25) is 5.10 Å². The van der Waals surface area contributed by atoms with Crippen molar-refractivity contribution in [3.8, 4) is 0 Å². The van der Waals surface area contributed by atoms with Crippen molar-refractivity contribution in [3.05, 3.63) is 11.9 Å². The summed E-state index contributed by atoms with van der Waals surface area (Å²) in [6.45, 7) is 0.00452. The van der Waals surface area contributed by atoms with Crippen molar-refractivity contribution in [2.24, 2.45) is 0 Å². The monoisotopic (exact) mass is 268 g/mol. The highest BCUT2D eigenvalue weighted by Crippen LogP contribution is 2.12. The first kappa shape index (κ1) is 13.6. The van der Waals surface area contributed by atoms with Crippen LogP contribution in [0.4, 0.5) is 5.95 Å². The number of anilines is 1. The van der Waals surface area contributed by atoms with E-state index in [2.05, 4.69) is 25.5 Å². The predicted molar refractivity (Wildman–Crippen MR) is 66.9 cm³/mol. The number of H-pyrrole nitrogens is 1. The molecular weight excluding hydrogens is 252 g/mol. The van der Waals surface area contributed by atoms with E-state index < -0.39 is 18.8 Å². The van der Waals surface area contributed by atoms with Gasteiger partial charge < -0.3 is 26.4 Å². The molecule has 0 saturated carbocycles. The second kappa shape index (κ2) is 5.89. The van der Waals surface area contributed by atoms with Gasteiger partial charge in [0.25, 0.3) is 0 Å². The Labute approximate surface area is 108 Å². The summed E-state index contributed by atoms with van der Waals surface area (Å²) >= 11 is 0. The summed E-state index contributed by atoms with van der Waals surface area (Å²) in [6.07, 6.45) is -0.690. The maximum Gasteiger partial charge on any atom is 0.220 e. The van der Waals surface area contributed by atoms with Gasteiger partial charge in [0, 0.05) is 13.1 Å². The molecule has 2 rings (SSSR count). The Morgan fingerprint density at radius 1 is 1.37 bits per heavy atom. The molecule has 104 valence electrons. The van der Waals surface area contributed by atoms with Crippen molar-refractivity contribution in [2.45, 2.75) is 18.8 Å². The Morgan fingerprint density at radius 3 is 2.89 bits per heavy atom. The number of hydrogen-bond acceptors (Lipinski definition) is 8. The van der Waals surface area contributed by atoms with Gasteiger partial charge in [-0.05, 0) is 0 Å². The number of fused-ring (bicyclic) bond motifs is 1. The molecule has 19 heavy (non-hydrogen) atoms. The highest BCUT2D eigenvalue weighted by molar-refractivity contribution is 5.76. The van der Waals surface area contributed by atoms with Gasteiger partial charge in [0.05, 0.1) is 24.6 Å². The Balaban J connectivity index is 1.96. The second-order valence-electron chi connectivity index (χ2n) is 4.11. The lowest BCUT2D eigenvalue weighted by Crippen LogP contribution is -2.38. The van der Waals surface area contributed by atoms with Crippen LogP contribution in [0.2, 0.25) is 0 Å². The number of aromatic amines is 1. The predicted octanol–water partition coefficient (Wildman–Crippen LogP) is -2.26. The molecule has 2 aromatic rings. The maximum atomic E-state index is 9.46. The van der Waals surface area contributed by atoms with Crippen LogP contribution in [-0.2, 0) is 6.54 Å². The highest BCUT2D eigenvalue weighted by Gasteiger charge is 2.15. The largest absolute Gasteiger partial charge is 0.394 e. The number of nitrogens with zero attached hydrogens (tertiary/aromatic N) is 3. The van der Waals surface area contributed by atoms with E-state index in [1.54, 1.807) is 0 Å². The van der Waals surface area contributed by atoms with Crippen LogP contribution in [0.3, 0.4) is 0 Å². The van der Waals surface area contributed by atoms with E-state index in [-0.39, 0.29) is 12.5 Å². The van der Waals surface area contributed by atoms with Crippen molar-refractivity contribution >= 4 is 17.0 Å². The maximum absolute atomic E-state index is 9.46. The van der Waals surface area contributed by atoms with Gasteiger partial charge in [-0.2, -0.15) is 5.10 Å². The number of aliphatic hydroxyl groups excluding tert-OH is 3. The number of nitrogen functional groups attached to an aromatic ring is 1. The van der Waals surface area contributed by atoms with E-state index in [0.717, 1.165) is 0 Å². The van der Waals surface area contributed by atoms with Crippen LogP contribution in [0.5, 0.6) is 0 Å². The highest BCUT2D eigenvalue weighted by atomic mass is 16.4. The van der Waals surface area contributed by atoms with Crippen LogP contribution >= 0.6 is 0 Å². The molecule has 9 heteroatoms. The van der Waals surface area contributed by atoms with Crippen LogP contribution in [0.1, 0.15) is 5.69 Å². The minimum absolute atomic E-state index is 0.128. The van der Waals surface area contributed by atoms with Crippen LogP contribution in [0, 0.1) is 0 Å². The van der Waals surface area contributed by atoms with Gasteiger partial charge in [0.15, 0.2) is 0 Å². The normalized spacial score (nSPS) is 14.7. The van der Waals surface area contributed by atoms with Crippen molar-refractivity contribution in [1.82, 2.24) is 25.5 Å². The fourth-order valence-electron chi connectivity index (χ4n) is 1.60. The third kappa shape index (κ3) is 3.15. The Bertz CT molecular complexity index is 545. The summed E-state index contributed by atoms with van der Waals surface area (Å²) in [5, 5.41) is 37.1. The molecule has 0 aromatic carbocycles. The van der Waals surface area contributed by atoms with Gasteiger partial charge in [-0.1, -0.05) is 0 Å². The quantitative estimate of drug-likeness (QED) is 0.343. The molecule has 0 amide bonds. The molecule has 0 radical (unpaired) electrons. The third-order valence-corrected chi connectivity index (χ3v) is 2.67. The van der Waals surface area contributed by atoms with E-state index in [4.69, 9.17) is 10.8 Å². The first-order chi connectivity index (χ1) is 9.11. The molecule has 0 unspecified atom stereocenters. The molecule has 0 saturated heterocycles. The molecule has 9 nitrogen and oxygen atoms in total. The summed E-state index contributed by atoms with van der Waals surface area (Å²) in [4.78, 5) is 7.89. The lowest BCUT2D eigenvalue weighted by atomic mass is 10.2. The number of hydrogen-bond donors (Lipinski definition) is 6. The molecule has 7 N–H and O–H groups in total. The Hall–Kier alpha value is -1.81. The van der Waals surface area contributed by atoms with Gasteiger partial charge in [-0.25, -0.2) is 9.97 Å². The first-order valence-electron chi connectivity index (χ1n) is 5.75. The fourth-order valence-corrected chi connectivity index (χ4v) is 1.60. The van der Waals surface area contributed by atoms with E-state index in [9.17, 15) is 10.2 Å². The second-order valence-corrected chi connectivity index (χ2v) is 4.11. The number of aliphatic hydroxyl groups is 3. The van der Waals surface area contributed by atoms with Gasteiger partial charge in [-0.15, -0.1) is 0 Å². The molecule has 0 aliphatic heterocycles. The zero-order chi connectivity index (χ0) is 13.8. The smallest absolute Gasteiger partial charge is 0.220 e. The molecule has 0 fully saturated rings. The Kier molecular flexibility index (Phi) is 4.22. The molecular formula is C10H16N6O3. The number of nitrogens with one attached hydrogen (secondary N) is 2. The summed E-state index contributed by atoms with van der Waals surface area (Å²) in [6, 6.07) is 0. The van der Waals surface area contributed by atoms with Crippen LogP contribution < -0.4 is 11.1 Å². The lowest BCUT2D eigenvalue weighted by Gasteiger charge is -2.15. The summed E-state index contributed by atoms with van der Waals surface area (Å²) in [5.74, 6) is 0.158. The molecule has 2 heterocycles. The number of rotatable bonds is 6. The van der Waals surface area contributed by atoms with Gasteiger partial charge in [0.2, 0.25) is 5.95 Å². The van der Waals surface area contributed by atoms with Crippen LogP contribution in [0.25, 0.3) is 11.0 Å². The molecule has 0 spiro atoms. The molecule has 0 aliphatic rings. The number of aromatic nitrogens is 4. The van der Waals surface area contributed by atoms with Crippen molar-refractivity contribution in [1.29, 1.82) is 0 Å². The minimum Gasteiger partial charge on any atom is -0.394 e. The summed E-state index contributed by atoms with van der Waals surface area (Å²) in [5.41, 5.74) is 7.41. The van der Waals surface area contributed by atoms with E-state index in [1.165, 1.54) is 6.20 Å². The topological polar surface area (TPSA) is 153 Å². The van der Waals surface area contributed by atoms with Crippen molar-refractivity contribution in [2.75, 3.05) is 18.9 Å². The lowest BCUT2D eigenvalue weighted by molar-refractivity contribution is -0.0130. The zero-order valence-corrected chi connectivity index (χ0v) is 10.1. The van der Waals surface area contributed by atoms with Crippen molar-refractivity contribution in [3.63, 3.8) is 0 Å².